The third-order valence-electron chi connectivity index (χ3n) is 3.58. The van der Waals surface area contributed by atoms with Crippen molar-refractivity contribution in [1.29, 1.82) is 0 Å². The van der Waals surface area contributed by atoms with Crippen LogP contribution in [0.5, 0.6) is 0 Å². The number of benzene rings is 1. The number of carbonyl (C=O) groups is 1. The van der Waals surface area contributed by atoms with E-state index in [-0.39, 0.29) is 23.1 Å². The van der Waals surface area contributed by atoms with Gasteiger partial charge < -0.3 is 4.98 Å². The van der Waals surface area contributed by atoms with E-state index in [1.165, 1.54) is 11.8 Å². The van der Waals surface area contributed by atoms with Gasteiger partial charge in [0.25, 0.3) is 5.56 Å². The van der Waals surface area contributed by atoms with Crippen LogP contribution in [-0.2, 0) is 0 Å². The Balaban J connectivity index is 2.00. The molecule has 1 aromatic carbocycles. The van der Waals surface area contributed by atoms with E-state index in [9.17, 15) is 9.59 Å². The van der Waals surface area contributed by atoms with Crippen LogP contribution in [0.2, 0.25) is 5.02 Å². The SMILES string of the molecule is CC(C)n1c(SCC(=O)c2ccc[nH]2)nc2cc(Cl)ccc2c1=O. The fourth-order valence-electron chi connectivity index (χ4n) is 2.42. The van der Waals surface area contributed by atoms with Gasteiger partial charge in [0.15, 0.2) is 10.9 Å². The van der Waals surface area contributed by atoms with Crippen LogP contribution in [0, 0.1) is 0 Å². The molecule has 0 saturated carbocycles. The van der Waals surface area contributed by atoms with E-state index in [0.717, 1.165) is 0 Å². The van der Waals surface area contributed by atoms with Gasteiger partial charge in [-0.2, -0.15) is 0 Å². The maximum Gasteiger partial charge on any atom is 0.262 e. The second-order valence-corrected chi connectivity index (χ2v) is 7.00. The smallest absolute Gasteiger partial charge is 0.262 e. The van der Waals surface area contributed by atoms with Gasteiger partial charge in [0.2, 0.25) is 0 Å². The van der Waals surface area contributed by atoms with Crippen molar-refractivity contribution in [2.45, 2.75) is 25.0 Å². The molecule has 24 heavy (non-hydrogen) atoms. The van der Waals surface area contributed by atoms with Crippen LogP contribution in [0.1, 0.15) is 30.4 Å². The van der Waals surface area contributed by atoms with Crippen molar-refractivity contribution in [2.24, 2.45) is 0 Å². The Bertz CT molecular complexity index is 948. The van der Waals surface area contributed by atoms with Crippen LogP contribution < -0.4 is 5.56 Å². The molecule has 3 rings (SSSR count). The van der Waals surface area contributed by atoms with Gasteiger partial charge in [-0.15, -0.1) is 0 Å². The number of ketones is 1. The number of hydrogen-bond acceptors (Lipinski definition) is 4. The number of aromatic nitrogens is 3. The molecular weight excluding hydrogens is 346 g/mol. The predicted octanol–water partition coefficient (Wildman–Crippen LogP) is 3.93. The summed E-state index contributed by atoms with van der Waals surface area (Å²) in [6, 6.07) is 8.47. The minimum Gasteiger partial charge on any atom is -0.359 e. The lowest BCUT2D eigenvalue weighted by atomic mass is 10.2. The second-order valence-electron chi connectivity index (χ2n) is 5.62. The summed E-state index contributed by atoms with van der Waals surface area (Å²) in [6.45, 7) is 3.84. The standard InChI is InChI=1S/C17H16ClN3O2S/c1-10(2)21-16(23)12-6-5-11(18)8-14(12)20-17(21)24-9-15(22)13-4-3-7-19-13/h3-8,10,19H,9H2,1-2H3. The predicted molar refractivity (Wildman–Crippen MR) is 97.2 cm³/mol. The highest BCUT2D eigenvalue weighted by molar-refractivity contribution is 7.99. The molecule has 0 saturated heterocycles. The largest absolute Gasteiger partial charge is 0.359 e. The number of halogens is 1. The van der Waals surface area contributed by atoms with Crippen molar-refractivity contribution in [1.82, 2.24) is 14.5 Å². The third kappa shape index (κ3) is 3.25. The summed E-state index contributed by atoms with van der Waals surface area (Å²) in [5.41, 5.74) is 0.963. The number of H-pyrrole nitrogens is 1. The highest BCUT2D eigenvalue weighted by Gasteiger charge is 2.16. The van der Waals surface area contributed by atoms with E-state index < -0.39 is 0 Å². The van der Waals surface area contributed by atoms with Crippen LogP contribution in [-0.4, -0.2) is 26.1 Å². The van der Waals surface area contributed by atoms with E-state index in [0.29, 0.717) is 26.8 Å². The Morgan fingerprint density at radius 3 is 2.83 bits per heavy atom. The fourth-order valence-corrected chi connectivity index (χ4v) is 3.60. The van der Waals surface area contributed by atoms with Crippen LogP contribution >= 0.6 is 23.4 Å². The van der Waals surface area contributed by atoms with Crippen molar-refractivity contribution in [2.75, 3.05) is 5.75 Å². The molecule has 0 unspecified atom stereocenters. The molecule has 7 heteroatoms. The number of nitrogens with one attached hydrogen (secondary N) is 1. The quantitative estimate of drug-likeness (QED) is 0.424. The molecule has 3 aromatic rings. The molecule has 0 aliphatic rings. The van der Waals surface area contributed by atoms with Gasteiger partial charge >= 0.3 is 0 Å². The Morgan fingerprint density at radius 2 is 2.17 bits per heavy atom. The maximum absolute atomic E-state index is 12.8. The van der Waals surface area contributed by atoms with Crippen molar-refractivity contribution in [3.05, 3.63) is 57.6 Å². The lowest BCUT2D eigenvalue weighted by Gasteiger charge is -2.16. The minimum absolute atomic E-state index is 0.0410. The van der Waals surface area contributed by atoms with E-state index in [2.05, 4.69) is 9.97 Å². The molecule has 0 aliphatic carbocycles. The average molecular weight is 362 g/mol. The number of nitrogens with zero attached hydrogens (tertiary/aromatic N) is 2. The zero-order chi connectivity index (χ0) is 17.3. The van der Waals surface area contributed by atoms with Crippen LogP contribution in [0.3, 0.4) is 0 Å². The highest BCUT2D eigenvalue weighted by Crippen LogP contribution is 2.23. The fraction of sp³-hybridized carbons (Fsp3) is 0.235. The molecule has 0 radical (unpaired) electrons. The summed E-state index contributed by atoms with van der Waals surface area (Å²) in [6.07, 6.45) is 1.71. The monoisotopic (exact) mass is 361 g/mol. The molecule has 0 atom stereocenters. The summed E-state index contributed by atoms with van der Waals surface area (Å²) >= 11 is 7.26. The molecule has 2 heterocycles. The normalized spacial score (nSPS) is 11.3. The van der Waals surface area contributed by atoms with Crippen LogP contribution in [0.25, 0.3) is 10.9 Å². The summed E-state index contributed by atoms with van der Waals surface area (Å²) < 4.78 is 1.61. The van der Waals surface area contributed by atoms with Crippen molar-refractivity contribution >= 4 is 40.0 Å². The third-order valence-corrected chi connectivity index (χ3v) is 4.77. The lowest BCUT2D eigenvalue weighted by molar-refractivity contribution is 0.101. The van der Waals surface area contributed by atoms with Gasteiger partial charge in [-0.3, -0.25) is 14.2 Å². The van der Waals surface area contributed by atoms with E-state index in [4.69, 9.17) is 11.6 Å². The molecule has 0 bridgehead atoms. The topological polar surface area (TPSA) is 67.8 Å². The van der Waals surface area contributed by atoms with Gasteiger partial charge in [0, 0.05) is 17.3 Å². The Kier molecular flexibility index (Phi) is 4.78. The first-order valence-corrected chi connectivity index (χ1v) is 8.85. The van der Waals surface area contributed by atoms with E-state index in [1.54, 1.807) is 41.1 Å². The van der Waals surface area contributed by atoms with Crippen molar-refractivity contribution in [3.63, 3.8) is 0 Å². The minimum atomic E-state index is -0.124. The van der Waals surface area contributed by atoms with E-state index in [1.807, 2.05) is 13.8 Å². The molecule has 0 amide bonds. The second kappa shape index (κ2) is 6.83. The average Bonchev–Trinajstić information content (AvgIpc) is 3.06. The Labute approximate surface area is 148 Å². The van der Waals surface area contributed by atoms with Gasteiger partial charge in [0.05, 0.1) is 22.3 Å². The van der Waals surface area contributed by atoms with Gasteiger partial charge in [-0.1, -0.05) is 23.4 Å². The summed E-state index contributed by atoms with van der Waals surface area (Å²) in [7, 11) is 0. The summed E-state index contributed by atoms with van der Waals surface area (Å²) in [4.78, 5) is 32.4. The Morgan fingerprint density at radius 1 is 1.38 bits per heavy atom. The summed E-state index contributed by atoms with van der Waals surface area (Å²) in [5.74, 6) is 0.159. The number of thioether (sulfide) groups is 1. The first-order chi connectivity index (χ1) is 11.5. The molecule has 0 aliphatic heterocycles. The molecule has 2 aromatic heterocycles. The van der Waals surface area contributed by atoms with Crippen LogP contribution in [0.15, 0.2) is 46.5 Å². The van der Waals surface area contributed by atoms with Crippen molar-refractivity contribution < 1.29 is 4.79 Å². The Hall–Kier alpha value is -2.05. The van der Waals surface area contributed by atoms with Gasteiger partial charge in [0.1, 0.15) is 0 Å². The number of rotatable bonds is 5. The van der Waals surface area contributed by atoms with Gasteiger partial charge in [-0.05, 0) is 44.2 Å². The number of hydrogen-bond donors (Lipinski definition) is 1. The zero-order valence-electron chi connectivity index (χ0n) is 13.2. The molecule has 5 nitrogen and oxygen atoms in total. The molecule has 124 valence electrons. The molecule has 0 spiro atoms. The lowest BCUT2D eigenvalue weighted by Crippen LogP contribution is -2.25. The number of fused-ring (bicyclic) bond motifs is 1. The van der Waals surface area contributed by atoms with Crippen LogP contribution in [0.4, 0.5) is 0 Å². The number of carbonyl (C=O) groups excluding carboxylic acids is 1. The maximum atomic E-state index is 12.8. The zero-order valence-corrected chi connectivity index (χ0v) is 14.8. The molecule has 1 N–H and O–H groups in total. The van der Waals surface area contributed by atoms with Crippen molar-refractivity contribution in [3.8, 4) is 0 Å². The molecule has 0 fully saturated rings. The first-order valence-electron chi connectivity index (χ1n) is 7.48. The van der Waals surface area contributed by atoms with E-state index >= 15 is 0 Å². The van der Waals surface area contributed by atoms with Gasteiger partial charge in [-0.25, -0.2) is 4.98 Å². The highest BCUT2D eigenvalue weighted by atomic mass is 35.5. The summed E-state index contributed by atoms with van der Waals surface area (Å²) in [5, 5.41) is 1.56. The molecular formula is C17H16ClN3O2S. The number of aromatic amines is 1. The number of Topliss-reactive ketones (excluding diaryl/α,β-unsaturated/α-hetero) is 1. The first kappa shape index (κ1) is 16.8.